The highest BCUT2D eigenvalue weighted by Crippen LogP contribution is 1.99. The van der Waals surface area contributed by atoms with Crippen molar-refractivity contribution in [2.75, 3.05) is 0 Å². The Bertz CT molecular complexity index is 346. The lowest BCUT2D eigenvalue weighted by Crippen LogP contribution is -2.36. The maximum absolute atomic E-state index is 11.0. The van der Waals surface area contributed by atoms with Gasteiger partial charge in [-0.05, 0) is 5.56 Å². The monoisotopic (exact) mass is 205 g/mol. The SMILES string of the molecule is CCC(=O)NC(N)=NCc1ccccc1. The molecule has 0 saturated heterocycles. The van der Waals surface area contributed by atoms with E-state index in [2.05, 4.69) is 10.3 Å². The molecule has 0 aliphatic carbocycles. The number of rotatable bonds is 3. The van der Waals surface area contributed by atoms with E-state index in [1.807, 2.05) is 30.3 Å². The predicted octanol–water partition coefficient (Wildman–Crippen LogP) is 1.03. The number of amides is 1. The van der Waals surface area contributed by atoms with Gasteiger partial charge in [0.05, 0.1) is 6.54 Å². The maximum Gasteiger partial charge on any atom is 0.226 e. The zero-order valence-corrected chi connectivity index (χ0v) is 8.73. The van der Waals surface area contributed by atoms with Crippen molar-refractivity contribution in [2.45, 2.75) is 19.9 Å². The van der Waals surface area contributed by atoms with Crippen molar-refractivity contribution < 1.29 is 4.79 Å². The molecule has 3 N–H and O–H groups in total. The molecule has 4 nitrogen and oxygen atoms in total. The second-order valence-corrected chi connectivity index (χ2v) is 3.09. The van der Waals surface area contributed by atoms with Crippen LogP contribution >= 0.6 is 0 Å². The molecule has 1 rings (SSSR count). The first-order valence-corrected chi connectivity index (χ1v) is 4.86. The molecule has 0 unspecified atom stereocenters. The summed E-state index contributed by atoms with van der Waals surface area (Å²) in [6, 6.07) is 9.73. The number of nitrogens with one attached hydrogen (secondary N) is 1. The lowest BCUT2D eigenvalue weighted by molar-refractivity contribution is -0.119. The van der Waals surface area contributed by atoms with Crippen LogP contribution in [-0.4, -0.2) is 11.9 Å². The van der Waals surface area contributed by atoms with Crippen LogP contribution in [0.25, 0.3) is 0 Å². The van der Waals surface area contributed by atoms with Crippen molar-refractivity contribution in [3.63, 3.8) is 0 Å². The van der Waals surface area contributed by atoms with Crippen molar-refractivity contribution in [3.8, 4) is 0 Å². The van der Waals surface area contributed by atoms with Crippen LogP contribution in [0.2, 0.25) is 0 Å². The summed E-state index contributed by atoms with van der Waals surface area (Å²) < 4.78 is 0. The number of hydrogen-bond acceptors (Lipinski definition) is 2. The summed E-state index contributed by atoms with van der Waals surface area (Å²) >= 11 is 0. The first-order valence-electron chi connectivity index (χ1n) is 4.86. The Morgan fingerprint density at radius 1 is 1.40 bits per heavy atom. The molecule has 0 aliphatic rings. The van der Waals surface area contributed by atoms with Gasteiger partial charge in [-0.3, -0.25) is 10.1 Å². The van der Waals surface area contributed by atoms with E-state index in [0.717, 1.165) is 5.56 Å². The van der Waals surface area contributed by atoms with E-state index in [9.17, 15) is 4.79 Å². The third kappa shape index (κ3) is 4.26. The smallest absolute Gasteiger partial charge is 0.226 e. The molecule has 0 spiro atoms. The zero-order valence-electron chi connectivity index (χ0n) is 8.73. The Labute approximate surface area is 89.2 Å². The lowest BCUT2D eigenvalue weighted by atomic mass is 10.2. The third-order valence-electron chi connectivity index (χ3n) is 1.86. The van der Waals surface area contributed by atoms with Crippen LogP contribution in [0.15, 0.2) is 35.3 Å². The summed E-state index contributed by atoms with van der Waals surface area (Å²) in [6.45, 7) is 2.25. The largest absolute Gasteiger partial charge is 0.370 e. The van der Waals surface area contributed by atoms with Crippen LogP contribution in [0.3, 0.4) is 0 Å². The normalized spacial score (nSPS) is 11.1. The van der Waals surface area contributed by atoms with Gasteiger partial charge >= 0.3 is 0 Å². The standard InChI is InChI=1S/C11H15N3O/c1-2-10(15)14-11(12)13-8-9-6-4-3-5-7-9/h3-7H,2,8H2,1H3,(H3,12,13,14,15). The van der Waals surface area contributed by atoms with Crippen LogP contribution in [-0.2, 0) is 11.3 Å². The van der Waals surface area contributed by atoms with Crippen LogP contribution < -0.4 is 11.1 Å². The van der Waals surface area contributed by atoms with Gasteiger partial charge in [0.1, 0.15) is 0 Å². The van der Waals surface area contributed by atoms with E-state index < -0.39 is 0 Å². The molecular weight excluding hydrogens is 190 g/mol. The maximum atomic E-state index is 11.0. The first-order chi connectivity index (χ1) is 7.22. The van der Waals surface area contributed by atoms with Crippen LogP contribution in [0.1, 0.15) is 18.9 Å². The summed E-state index contributed by atoms with van der Waals surface area (Å²) in [4.78, 5) is 15.0. The van der Waals surface area contributed by atoms with Crippen LogP contribution in [0.5, 0.6) is 0 Å². The molecule has 0 aliphatic heterocycles. The van der Waals surface area contributed by atoms with E-state index >= 15 is 0 Å². The van der Waals surface area contributed by atoms with E-state index in [0.29, 0.717) is 13.0 Å². The number of carbonyl (C=O) groups is 1. The van der Waals surface area contributed by atoms with Crippen LogP contribution in [0.4, 0.5) is 0 Å². The van der Waals surface area contributed by atoms with Crippen molar-refractivity contribution >= 4 is 11.9 Å². The molecule has 0 bridgehead atoms. The minimum atomic E-state index is -0.121. The van der Waals surface area contributed by atoms with Gasteiger partial charge in [0, 0.05) is 6.42 Å². The molecule has 0 radical (unpaired) electrons. The molecule has 80 valence electrons. The summed E-state index contributed by atoms with van der Waals surface area (Å²) in [5.74, 6) is 0.0509. The number of nitrogens with two attached hydrogens (primary N) is 1. The topological polar surface area (TPSA) is 67.5 Å². The first kappa shape index (κ1) is 11.2. The van der Waals surface area contributed by atoms with Gasteiger partial charge in [-0.15, -0.1) is 0 Å². The highest BCUT2D eigenvalue weighted by molar-refractivity contribution is 5.95. The average Bonchev–Trinajstić information content (AvgIpc) is 2.27. The Morgan fingerprint density at radius 3 is 2.67 bits per heavy atom. The summed E-state index contributed by atoms with van der Waals surface area (Å²) in [6.07, 6.45) is 0.404. The number of benzene rings is 1. The molecule has 15 heavy (non-hydrogen) atoms. The number of guanidine groups is 1. The molecule has 0 fully saturated rings. The fourth-order valence-electron chi connectivity index (χ4n) is 1.03. The molecular formula is C11H15N3O. The van der Waals surface area contributed by atoms with Crippen molar-refractivity contribution in [1.82, 2.24) is 5.32 Å². The molecule has 0 heterocycles. The summed E-state index contributed by atoms with van der Waals surface area (Å²) in [7, 11) is 0. The van der Waals surface area contributed by atoms with E-state index in [1.54, 1.807) is 6.92 Å². The van der Waals surface area contributed by atoms with Gasteiger partial charge in [-0.25, -0.2) is 4.99 Å². The fourth-order valence-corrected chi connectivity index (χ4v) is 1.03. The second kappa shape index (κ2) is 5.80. The van der Waals surface area contributed by atoms with E-state index in [1.165, 1.54) is 0 Å². The molecule has 0 saturated carbocycles. The highest BCUT2D eigenvalue weighted by Gasteiger charge is 1.98. The Balaban J connectivity index is 2.47. The lowest BCUT2D eigenvalue weighted by Gasteiger charge is -2.02. The second-order valence-electron chi connectivity index (χ2n) is 3.09. The third-order valence-corrected chi connectivity index (χ3v) is 1.86. The molecule has 0 aromatic heterocycles. The number of hydrogen-bond donors (Lipinski definition) is 2. The van der Waals surface area contributed by atoms with Crippen LogP contribution in [0, 0.1) is 0 Å². The van der Waals surface area contributed by atoms with Crippen molar-refractivity contribution in [1.29, 1.82) is 0 Å². The van der Waals surface area contributed by atoms with E-state index in [4.69, 9.17) is 5.73 Å². The average molecular weight is 205 g/mol. The molecule has 1 amide bonds. The minimum absolute atomic E-state index is 0.121. The Kier molecular flexibility index (Phi) is 4.34. The fraction of sp³-hybridized carbons (Fsp3) is 0.273. The Hall–Kier alpha value is -1.84. The van der Waals surface area contributed by atoms with E-state index in [-0.39, 0.29) is 11.9 Å². The number of aliphatic imine (C=N–C) groups is 1. The molecule has 4 heteroatoms. The van der Waals surface area contributed by atoms with Crippen molar-refractivity contribution in [2.24, 2.45) is 10.7 Å². The minimum Gasteiger partial charge on any atom is -0.370 e. The van der Waals surface area contributed by atoms with Gasteiger partial charge in [0.2, 0.25) is 5.91 Å². The van der Waals surface area contributed by atoms with Gasteiger partial charge in [-0.1, -0.05) is 37.3 Å². The number of nitrogens with zero attached hydrogens (tertiary/aromatic N) is 1. The van der Waals surface area contributed by atoms with Gasteiger partial charge < -0.3 is 5.73 Å². The highest BCUT2D eigenvalue weighted by atomic mass is 16.1. The quantitative estimate of drug-likeness (QED) is 0.571. The van der Waals surface area contributed by atoms with Gasteiger partial charge in [-0.2, -0.15) is 0 Å². The van der Waals surface area contributed by atoms with Crippen molar-refractivity contribution in [3.05, 3.63) is 35.9 Å². The Morgan fingerprint density at radius 2 is 2.07 bits per heavy atom. The van der Waals surface area contributed by atoms with Gasteiger partial charge in [0.15, 0.2) is 5.96 Å². The predicted molar refractivity (Wildman–Crippen MR) is 60.2 cm³/mol. The summed E-state index contributed by atoms with van der Waals surface area (Å²) in [5, 5.41) is 2.49. The van der Waals surface area contributed by atoms with Gasteiger partial charge in [0.25, 0.3) is 0 Å². The molecule has 0 atom stereocenters. The molecule has 1 aromatic carbocycles. The zero-order chi connectivity index (χ0) is 11.1. The molecule has 1 aromatic rings. The number of carbonyl (C=O) groups excluding carboxylic acids is 1. The summed E-state index contributed by atoms with van der Waals surface area (Å²) in [5.41, 5.74) is 6.58.